The summed E-state index contributed by atoms with van der Waals surface area (Å²) in [5, 5.41) is 6.72. The zero-order valence-electron chi connectivity index (χ0n) is 19.1. The third kappa shape index (κ3) is 6.71. The number of benzene rings is 1. The number of hydrogen-bond donors (Lipinski definition) is 1. The number of piperidine rings is 1. The normalized spacial score (nSPS) is 14.0. The predicted molar refractivity (Wildman–Crippen MR) is 117 cm³/mol. The third-order valence-corrected chi connectivity index (χ3v) is 5.37. The van der Waals surface area contributed by atoms with Crippen LogP contribution in [0, 0.1) is 13.8 Å². The number of aryl methyl sites for hydroxylation is 2. The van der Waals surface area contributed by atoms with Crippen LogP contribution in [-0.2, 0) is 20.9 Å². The van der Waals surface area contributed by atoms with Gasteiger partial charge in [0, 0.05) is 19.1 Å². The van der Waals surface area contributed by atoms with E-state index < -0.39 is 5.97 Å². The number of hydrogen-bond acceptors (Lipinski definition) is 8. The van der Waals surface area contributed by atoms with Crippen LogP contribution in [0.1, 0.15) is 47.1 Å². The summed E-state index contributed by atoms with van der Waals surface area (Å²) in [6.45, 7) is 6.71. The van der Waals surface area contributed by atoms with Crippen molar-refractivity contribution in [1.82, 2.24) is 15.4 Å². The summed E-state index contributed by atoms with van der Waals surface area (Å²) < 4.78 is 20.9. The number of nitrogens with zero attached hydrogens (tertiary/aromatic N) is 2. The summed E-state index contributed by atoms with van der Waals surface area (Å²) in [4.78, 5) is 37.7. The highest BCUT2D eigenvalue weighted by Crippen LogP contribution is 2.18. The second-order valence-corrected chi connectivity index (χ2v) is 7.72. The van der Waals surface area contributed by atoms with E-state index in [0.29, 0.717) is 56.2 Å². The second kappa shape index (κ2) is 11.3. The highest BCUT2D eigenvalue weighted by Gasteiger charge is 2.24. The molecular formula is C23H29N3O7. The lowest BCUT2D eigenvalue weighted by Crippen LogP contribution is -2.47. The zero-order valence-corrected chi connectivity index (χ0v) is 19.1. The van der Waals surface area contributed by atoms with Gasteiger partial charge < -0.3 is 29.0 Å². The van der Waals surface area contributed by atoms with Gasteiger partial charge in [-0.05, 0) is 57.9 Å². The van der Waals surface area contributed by atoms with Gasteiger partial charge in [-0.25, -0.2) is 9.59 Å². The quantitative estimate of drug-likeness (QED) is 0.599. The Morgan fingerprint density at radius 2 is 1.82 bits per heavy atom. The smallest absolute Gasteiger partial charge is 0.409 e. The first-order valence-electron chi connectivity index (χ1n) is 10.9. The molecule has 10 heteroatoms. The minimum absolute atomic E-state index is 0.0731. The van der Waals surface area contributed by atoms with Crippen LogP contribution >= 0.6 is 0 Å². The summed E-state index contributed by atoms with van der Waals surface area (Å²) in [6, 6.07) is 6.40. The van der Waals surface area contributed by atoms with Crippen LogP contribution in [0.25, 0.3) is 0 Å². The van der Waals surface area contributed by atoms with Crippen molar-refractivity contribution >= 4 is 18.0 Å². The van der Waals surface area contributed by atoms with Gasteiger partial charge in [0.2, 0.25) is 0 Å². The minimum Gasteiger partial charge on any atom is -0.489 e. The van der Waals surface area contributed by atoms with Crippen LogP contribution in [0.2, 0.25) is 0 Å². The standard InChI is InChI=1S/C23H29N3O7/c1-4-30-23(29)26-11-9-18(10-12-26)24-21(27)14-32-22(28)17-5-7-19(8-6-17)31-13-20-15(2)25-33-16(20)3/h5-8,18H,4,9-14H2,1-3H3,(H,24,27). The maximum Gasteiger partial charge on any atom is 0.409 e. The summed E-state index contributed by atoms with van der Waals surface area (Å²) in [7, 11) is 0. The van der Waals surface area contributed by atoms with E-state index in [0.717, 1.165) is 11.3 Å². The molecule has 0 atom stereocenters. The van der Waals surface area contributed by atoms with E-state index in [1.807, 2.05) is 13.8 Å². The number of carbonyl (C=O) groups excluding carboxylic acids is 3. The van der Waals surface area contributed by atoms with Crippen LogP contribution in [0.3, 0.4) is 0 Å². The van der Waals surface area contributed by atoms with E-state index in [1.54, 1.807) is 36.1 Å². The van der Waals surface area contributed by atoms with Gasteiger partial charge in [0.1, 0.15) is 18.1 Å². The molecule has 1 aliphatic rings. The Morgan fingerprint density at radius 1 is 1.12 bits per heavy atom. The summed E-state index contributed by atoms with van der Waals surface area (Å²) in [5.41, 5.74) is 1.97. The Morgan fingerprint density at radius 3 is 2.42 bits per heavy atom. The van der Waals surface area contributed by atoms with Crippen molar-refractivity contribution in [3.63, 3.8) is 0 Å². The maximum atomic E-state index is 12.2. The van der Waals surface area contributed by atoms with Gasteiger partial charge in [0.05, 0.1) is 23.4 Å². The first-order chi connectivity index (χ1) is 15.9. The Kier molecular flexibility index (Phi) is 8.28. The highest BCUT2D eigenvalue weighted by molar-refractivity contribution is 5.91. The van der Waals surface area contributed by atoms with E-state index in [2.05, 4.69) is 10.5 Å². The Hall–Kier alpha value is -3.56. The van der Waals surface area contributed by atoms with E-state index in [4.69, 9.17) is 18.7 Å². The number of carbonyl (C=O) groups is 3. The number of aromatic nitrogens is 1. The Balaban J connectivity index is 1.38. The molecule has 0 aliphatic carbocycles. The molecule has 0 saturated carbocycles. The molecule has 178 valence electrons. The summed E-state index contributed by atoms with van der Waals surface area (Å²) in [6.07, 6.45) is 0.901. The second-order valence-electron chi connectivity index (χ2n) is 7.72. The fourth-order valence-corrected chi connectivity index (χ4v) is 3.46. The molecule has 0 radical (unpaired) electrons. The van der Waals surface area contributed by atoms with Crippen LogP contribution < -0.4 is 10.1 Å². The summed E-state index contributed by atoms with van der Waals surface area (Å²) in [5.74, 6) is 0.311. The molecule has 0 spiro atoms. The number of esters is 1. The molecule has 10 nitrogen and oxygen atoms in total. The van der Waals surface area contributed by atoms with Crippen molar-refractivity contribution in [3.8, 4) is 5.75 Å². The fourth-order valence-electron chi connectivity index (χ4n) is 3.46. The number of nitrogens with one attached hydrogen (secondary N) is 1. The topological polar surface area (TPSA) is 120 Å². The molecule has 33 heavy (non-hydrogen) atoms. The maximum absolute atomic E-state index is 12.2. The van der Waals surface area contributed by atoms with Gasteiger partial charge in [0.15, 0.2) is 6.61 Å². The van der Waals surface area contributed by atoms with Gasteiger partial charge in [-0.15, -0.1) is 0 Å². The average Bonchev–Trinajstić information content (AvgIpc) is 3.14. The first kappa shape index (κ1) is 24.1. The number of ether oxygens (including phenoxy) is 3. The first-order valence-corrected chi connectivity index (χ1v) is 10.9. The SMILES string of the molecule is CCOC(=O)N1CCC(NC(=O)COC(=O)c2ccc(OCc3c(C)noc3C)cc2)CC1. The average molecular weight is 459 g/mol. The van der Waals surface area contributed by atoms with E-state index >= 15 is 0 Å². The molecule has 1 aromatic carbocycles. The van der Waals surface area contributed by atoms with Crippen molar-refractivity contribution in [3.05, 3.63) is 46.8 Å². The summed E-state index contributed by atoms with van der Waals surface area (Å²) >= 11 is 0. The van der Waals surface area contributed by atoms with Crippen LogP contribution in [-0.4, -0.2) is 60.4 Å². The van der Waals surface area contributed by atoms with Gasteiger partial charge in [-0.3, -0.25) is 4.79 Å². The van der Waals surface area contributed by atoms with E-state index in [-0.39, 0.29) is 24.6 Å². The van der Waals surface area contributed by atoms with E-state index in [1.165, 1.54) is 0 Å². The molecule has 2 aromatic rings. The molecule has 1 aromatic heterocycles. The third-order valence-electron chi connectivity index (χ3n) is 5.37. The van der Waals surface area contributed by atoms with Crippen molar-refractivity contribution in [1.29, 1.82) is 0 Å². The zero-order chi connectivity index (χ0) is 23.8. The fraction of sp³-hybridized carbons (Fsp3) is 0.478. The Bertz CT molecular complexity index is 943. The lowest BCUT2D eigenvalue weighted by molar-refractivity contribution is -0.125. The van der Waals surface area contributed by atoms with Crippen molar-refractivity contribution in [2.24, 2.45) is 0 Å². The van der Waals surface area contributed by atoms with Gasteiger partial charge in [-0.2, -0.15) is 0 Å². The highest BCUT2D eigenvalue weighted by atomic mass is 16.6. The van der Waals surface area contributed by atoms with Gasteiger partial charge >= 0.3 is 12.1 Å². The van der Waals surface area contributed by atoms with Crippen LogP contribution in [0.4, 0.5) is 4.79 Å². The molecular weight excluding hydrogens is 430 g/mol. The van der Waals surface area contributed by atoms with Gasteiger partial charge in [-0.1, -0.05) is 5.16 Å². The molecule has 1 N–H and O–H groups in total. The van der Waals surface area contributed by atoms with Crippen molar-refractivity contribution in [2.45, 2.75) is 46.3 Å². The number of rotatable bonds is 8. The number of likely N-dealkylation sites (tertiary alicyclic amines) is 1. The molecule has 1 saturated heterocycles. The molecule has 0 unspecified atom stereocenters. The molecule has 1 fully saturated rings. The van der Waals surface area contributed by atoms with Gasteiger partial charge in [0.25, 0.3) is 5.91 Å². The van der Waals surface area contributed by atoms with Crippen LogP contribution in [0.15, 0.2) is 28.8 Å². The molecule has 2 amide bonds. The molecule has 2 heterocycles. The Labute approximate surface area is 192 Å². The monoisotopic (exact) mass is 459 g/mol. The minimum atomic E-state index is -0.598. The van der Waals surface area contributed by atoms with Crippen molar-refractivity contribution < 1.29 is 33.1 Å². The molecule has 3 rings (SSSR count). The van der Waals surface area contributed by atoms with Crippen molar-refractivity contribution in [2.75, 3.05) is 26.3 Å². The molecule has 1 aliphatic heterocycles. The molecule has 0 bridgehead atoms. The predicted octanol–water partition coefficient (Wildman–Crippen LogP) is 2.76. The number of amides is 2. The van der Waals surface area contributed by atoms with Crippen LogP contribution in [0.5, 0.6) is 5.75 Å². The van der Waals surface area contributed by atoms with E-state index in [9.17, 15) is 14.4 Å². The lowest BCUT2D eigenvalue weighted by Gasteiger charge is -2.31. The largest absolute Gasteiger partial charge is 0.489 e. The lowest BCUT2D eigenvalue weighted by atomic mass is 10.1.